The Labute approximate surface area is 243 Å². The number of methoxy groups -OCH3 is 1. The number of ether oxygens (including phenoxy) is 4. The van der Waals surface area contributed by atoms with Gasteiger partial charge in [0.05, 0.1) is 44.1 Å². The maximum absolute atomic E-state index is 12.2. The van der Waals surface area contributed by atoms with E-state index in [1.54, 1.807) is 7.11 Å². The van der Waals surface area contributed by atoms with Crippen LogP contribution >= 0.6 is 0 Å². The molecule has 0 bridgehead atoms. The summed E-state index contributed by atoms with van der Waals surface area (Å²) in [7, 11) is -0.474. The lowest BCUT2D eigenvalue weighted by Gasteiger charge is -2.40. The average Bonchev–Trinajstić information content (AvgIpc) is 2.87. The van der Waals surface area contributed by atoms with Crippen molar-refractivity contribution in [2.24, 2.45) is 5.41 Å². The molecule has 2 rings (SSSR count). The van der Waals surface area contributed by atoms with Crippen LogP contribution in [0, 0.1) is 5.41 Å². The van der Waals surface area contributed by atoms with E-state index in [9.17, 15) is 4.79 Å². The maximum atomic E-state index is 12.2. The van der Waals surface area contributed by atoms with Crippen molar-refractivity contribution in [2.75, 3.05) is 20.3 Å². The topological polar surface area (TPSA) is 63.2 Å². The van der Waals surface area contributed by atoms with Gasteiger partial charge >= 0.3 is 5.97 Å². The number of esters is 1. The Bertz CT molecular complexity index is 1010. The van der Waals surface area contributed by atoms with E-state index in [4.69, 9.17) is 23.4 Å². The standard InChI is InChI=1S/C33H52O6Si/c1-25-20-22-36-28(23-25)18-19-30(39-40(9,10)33(5,6)7)29(13-11-12-21-37-31(34)32(2,3)4)38-24-26-14-16-27(35-8)17-15-26/h11-12,14-20,28-30H,13,21-24H2,1-10H3/t28-,29+,30?/m1/s1. The maximum Gasteiger partial charge on any atom is 0.311 e. The SMILES string of the molecule is COc1ccc(CO[C@@H](CC=CCOC(=O)C(C)(C)C)C(C=C[C@@H]2CC(C)=CCO2)O[Si](C)(C)C(C)(C)C)cc1. The lowest BCUT2D eigenvalue weighted by molar-refractivity contribution is -0.151. The van der Waals surface area contributed by atoms with Crippen LogP contribution in [-0.4, -0.2) is 52.9 Å². The molecule has 1 aliphatic rings. The third-order valence-electron chi connectivity index (χ3n) is 7.47. The lowest BCUT2D eigenvalue weighted by atomic mass is 9.97. The first-order valence-electron chi connectivity index (χ1n) is 14.3. The number of hydrogen-bond donors (Lipinski definition) is 0. The van der Waals surface area contributed by atoms with Crippen molar-refractivity contribution in [3.63, 3.8) is 0 Å². The molecule has 224 valence electrons. The summed E-state index contributed by atoms with van der Waals surface area (Å²) in [6.07, 6.45) is 11.3. The first-order valence-corrected chi connectivity index (χ1v) is 17.2. The van der Waals surface area contributed by atoms with Crippen LogP contribution in [0.25, 0.3) is 0 Å². The summed E-state index contributed by atoms with van der Waals surface area (Å²) in [5.41, 5.74) is 1.86. The van der Waals surface area contributed by atoms with E-state index in [0.717, 1.165) is 17.7 Å². The second kappa shape index (κ2) is 15.2. The minimum atomic E-state index is -2.14. The molecule has 0 saturated carbocycles. The molecule has 1 aliphatic heterocycles. The number of carbonyl (C=O) groups is 1. The van der Waals surface area contributed by atoms with Gasteiger partial charge < -0.3 is 23.4 Å². The second-order valence-electron chi connectivity index (χ2n) is 13.1. The summed E-state index contributed by atoms with van der Waals surface area (Å²) in [5, 5.41) is 0.0390. The smallest absolute Gasteiger partial charge is 0.311 e. The Morgan fingerprint density at radius 1 is 1.10 bits per heavy atom. The monoisotopic (exact) mass is 572 g/mol. The lowest BCUT2D eigenvalue weighted by Crippen LogP contribution is -2.47. The van der Waals surface area contributed by atoms with Crippen LogP contribution in [0.5, 0.6) is 5.75 Å². The van der Waals surface area contributed by atoms with Crippen LogP contribution in [0.3, 0.4) is 0 Å². The van der Waals surface area contributed by atoms with Gasteiger partial charge in [-0.2, -0.15) is 0 Å². The molecule has 7 heteroatoms. The van der Waals surface area contributed by atoms with Crippen molar-refractivity contribution in [3.05, 3.63) is 65.8 Å². The second-order valence-corrected chi connectivity index (χ2v) is 17.9. The summed E-state index contributed by atoms with van der Waals surface area (Å²) in [6.45, 7) is 20.3. The highest BCUT2D eigenvalue weighted by Gasteiger charge is 2.40. The minimum absolute atomic E-state index is 0.0186. The molecule has 3 atom stereocenters. The van der Waals surface area contributed by atoms with Gasteiger partial charge in [0.25, 0.3) is 0 Å². The largest absolute Gasteiger partial charge is 0.497 e. The first kappa shape index (κ1) is 34.0. The van der Waals surface area contributed by atoms with Crippen molar-refractivity contribution >= 4 is 14.3 Å². The van der Waals surface area contributed by atoms with Crippen molar-refractivity contribution in [2.45, 2.75) is 104 Å². The molecule has 6 nitrogen and oxygen atoms in total. The van der Waals surface area contributed by atoms with Gasteiger partial charge in [-0.3, -0.25) is 4.79 Å². The van der Waals surface area contributed by atoms with E-state index in [2.05, 4.69) is 59.0 Å². The van der Waals surface area contributed by atoms with Gasteiger partial charge in [0.1, 0.15) is 12.4 Å². The van der Waals surface area contributed by atoms with E-state index >= 15 is 0 Å². The predicted molar refractivity (Wildman–Crippen MR) is 165 cm³/mol. The molecule has 0 fully saturated rings. The summed E-state index contributed by atoms with van der Waals surface area (Å²) >= 11 is 0. The van der Waals surface area contributed by atoms with Crippen LogP contribution in [0.15, 0.2) is 60.2 Å². The number of benzene rings is 1. The van der Waals surface area contributed by atoms with Gasteiger partial charge in [-0.15, -0.1) is 0 Å². The Morgan fingerprint density at radius 3 is 2.35 bits per heavy atom. The fourth-order valence-corrected chi connectivity index (χ4v) is 5.01. The van der Waals surface area contributed by atoms with Gasteiger partial charge in [-0.1, -0.05) is 68.9 Å². The van der Waals surface area contributed by atoms with Gasteiger partial charge in [-0.25, -0.2) is 0 Å². The Balaban J connectivity index is 2.28. The molecule has 0 aliphatic carbocycles. The fourth-order valence-electron chi connectivity index (χ4n) is 3.75. The van der Waals surface area contributed by atoms with Crippen molar-refractivity contribution in [1.82, 2.24) is 0 Å². The Kier molecular flexibility index (Phi) is 12.9. The molecular formula is C33H52O6Si. The van der Waals surface area contributed by atoms with E-state index in [-0.39, 0.29) is 35.9 Å². The average molecular weight is 573 g/mol. The predicted octanol–water partition coefficient (Wildman–Crippen LogP) is 7.80. The highest BCUT2D eigenvalue weighted by molar-refractivity contribution is 6.74. The molecule has 0 saturated heterocycles. The summed E-state index contributed by atoms with van der Waals surface area (Å²) in [6, 6.07) is 7.91. The van der Waals surface area contributed by atoms with Crippen molar-refractivity contribution < 1.29 is 28.2 Å². The molecule has 1 aromatic carbocycles. The third kappa shape index (κ3) is 11.4. The van der Waals surface area contributed by atoms with E-state index < -0.39 is 13.7 Å². The Hall–Kier alpha value is -2.19. The summed E-state index contributed by atoms with van der Waals surface area (Å²) in [5.74, 6) is 0.593. The van der Waals surface area contributed by atoms with E-state index in [1.807, 2.05) is 57.2 Å². The zero-order valence-corrected chi connectivity index (χ0v) is 27.4. The zero-order chi connectivity index (χ0) is 30.0. The highest BCUT2D eigenvalue weighted by atomic mass is 28.4. The normalized spacial score (nSPS) is 18.6. The molecular weight excluding hydrogens is 520 g/mol. The van der Waals surface area contributed by atoms with Gasteiger partial charge in [0.15, 0.2) is 8.32 Å². The van der Waals surface area contributed by atoms with Crippen LogP contribution in [0.4, 0.5) is 0 Å². The van der Waals surface area contributed by atoms with Crippen molar-refractivity contribution in [1.29, 1.82) is 0 Å². The molecule has 0 amide bonds. The fraction of sp³-hybridized carbons (Fsp3) is 0.606. The summed E-state index contributed by atoms with van der Waals surface area (Å²) < 4.78 is 30.2. The van der Waals surface area contributed by atoms with Crippen LogP contribution in [0.1, 0.15) is 66.9 Å². The molecule has 0 spiro atoms. The third-order valence-corrected chi connectivity index (χ3v) is 11.9. The molecule has 40 heavy (non-hydrogen) atoms. The van der Waals surface area contributed by atoms with Gasteiger partial charge in [0, 0.05) is 0 Å². The minimum Gasteiger partial charge on any atom is -0.497 e. The van der Waals surface area contributed by atoms with Gasteiger partial charge in [-0.05, 0) is 76.4 Å². The number of rotatable bonds is 13. The zero-order valence-electron chi connectivity index (χ0n) is 26.4. The van der Waals surface area contributed by atoms with Crippen LogP contribution in [0.2, 0.25) is 18.1 Å². The van der Waals surface area contributed by atoms with Crippen LogP contribution in [-0.2, 0) is 30.0 Å². The van der Waals surface area contributed by atoms with Gasteiger partial charge in [0.2, 0.25) is 0 Å². The van der Waals surface area contributed by atoms with Crippen LogP contribution < -0.4 is 4.74 Å². The molecule has 1 heterocycles. The number of carbonyl (C=O) groups excluding carboxylic acids is 1. The molecule has 0 N–H and O–H groups in total. The first-order chi connectivity index (χ1) is 18.6. The van der Waals surface area contributed by atoms with E-state index in [1.165, 1.54) is 5.57 Å². The van der Waals surface area contributed by atoms with E-state index in [0.29, 0.717) is 19.6 Å². The quantitative estimate of drug-likeness (QED) is 0.137. The molecule has 1 aromatic rings. The highest BCUT2D eigenvalue weighted by Crippen LogP contribution is 2.38. The molecule has 1 unspecified atom stereocenters. The molecule has 0 radical (unpaired) electrons. The summed E-state index contributed by atoms with van der Waals surface area (Å²) in [4.78, 5) is 12.2. The number of hydrogen-bond acceptors (Lipinski definition) is 6. The van der Waals surface area contributed by atoms with Crippen molar-refractivity contribution in [3.8, 4) is 5.75 Å². The molecule has 0 aromatic heterocycles. The Morgan fingerprint density at radius 2 is 1.77 bits per heavy atom.